The van der Waals surface area contributed by atoms with Crippen molar-refractivity contribution < 1.29 is 23.3 Å². The molecule has 16 nitrogen and oxygen atoms in total. The number of H-pyrrole nitrogens is 1. The van der Waals surface area contributed by atoms with E-state index >= 15 is 4.39 Å². The van der Waals surface area contributed by atoms with Crippen LogP contribution in [0.1, 0.15) is 62.1 Å². The van der Waals surface area contributed by atoms with Crippen LogP contribution in [0.3, 0.4) is 0 Å². The first kappa shape index (κ1) is 40.6. The minimum Gasteiger partial charge on any atom is -0.372 e. The summed E-state index contributed by atoms with van der Waals surface area (Å²) in [6.07, 6.45) is 5.91. The number of piperazine rings is 1. The number of hydrogen-bond acceptors (Lipinski definition) is 12. The van der Waals surface area contributed by atoms with Gasteiger partial charge in [-0.1, -0.05) is 38.1 Å². The van der Waals surface area contributed by atoms with Crippen molar-refractivity contribution in [3.63, 3.8) is 0 Å². The van der Waals surface area contributed by atoms with Gasteiger partial charge in [0, 0.05) is 116 Å². The summed E-state index contributed by atoms with van der Waals surface area (Å²) < 4.78 is 20.6. The predicted molar refractivity (Wildman–Crippen MR) is 232 cm³/mol. The quantitative estimate of drug-likeness (QED) is 0.148. The number of benzene rings is 2. The first-order valence-electron chi connectivity index (χ1n) is 21.1. The number of halogens is 1. The fourth-order valence-corrected chi connectivity index (χ4v) is 8.32. The van der Waals surface area contributed by atoms with E-state index in [2.05, 4.69) is 74.7 Å². The number of hydrogen-bond donors (Lipinski definition) is 3. The van der Waals surface area contributed by atoms with E-state index in [1.807, 2.05) is 45.2 Å². The average Bonchev–Trinajstić information content (AvgIpc) is 3.96. The third-order valence-corrected chi connectivity index (χ3v) is 11.9. The smallest absolute Gasteiger partial charge is 0.328 e. The van der Waals surface area contributed by atoms with Gasteiger partial charge in [-0.15, -0.1) is 0 Å². The summed E-state index contributed by atoms with van der Waals surface area (Å²) in [7, 11) is 0. The molecular formula is C45H49FN12O4. The van der Waals surface area contributed by atoms with Crippen LogP contribution in [0.25, 0.3) is 33.5 Å². The number of carbonyl (C=O) groups excluding carboxylic acids is 3. The summed E-state index contributed by atoms with van der Waals surface area (Å²) in [6, 6.07) is 18.6. The number of anilines is 3. The molecule has 3 aliphatic rings. The van der Waals surface area contributed by atoms with Crippen LogP contribution < -0.4 is 25.3 Å². The van der Waals surface area contributed by atoms with E-state index in [1.54, 1.807) is 17.0 Å². The van der Waals surface area contributed by atoms with Gasteiger partial charge in [-0.2, -0.15) is 4.98 Å². The predicted octanol–water partition coefficient (Wildman–Crippen LogP) is 5.92. The number of urea groups is 1. The Bertz CT molecular complexity index is 2590. The average molecular weight is 841 g/mol. The monoisotopic (exact) mass is 840 g/mol. The summed E-state index contributed by atoms with van der Waals surface area (Å²) in [5.74, 6) is 0.573. The second-order valence-electron chi connectivity index (χ2n) is 17.2. The van der Waals surface area contributed by atoms with Crippen molar-refractivity contribution >= 4 is 46.1 Å². The van der Waals surface area contributed by atoms with Crippen LogP contribution in [0.2, 0.25) is 0 Å². The van der Waals surface area contributed by atoms with Crippen LogP contribution in [0.5, 0.6) is 0 Å². The molecule has 0 radical (unpaired) electrons. The molecule has 3 aliphatic heterocycles. The molecule has 3 saturated heterocycles. The molecular weight excluding hydrogens is 792 g/mol. The maximum atomic E-state index is 15.4. The third-order valence-electron chi connectivity index (χ3n) is 11.9. The molecule has 2 aromatic carbocycles. The minimum atomic E-state index is -0.551. The standard InChI is InChI=1S/C45H49FN12O4/c1-45(2,3)43-53-41(54-62-43)42(60)48-24-30-5-4-29(22-35(30)46)39-34-23-36(51-40(34)50-27-49-39)31-6-11-37(47-25-31)57-20-18-55(19-21-57)26-28-12-15-56(16-13-28)32-7-9-33(10-8-32)58-17-14-38(59)52-44(58)61/h4-11,22-23,25,27-28H,12-21,24,26H2,1-3H3,(H,48,60)(H,49,50,51)(H,52,59,61). The molecule has 0 saturated carbocycles. The van der Waals surface area contributed by atoms with E-state index in [1.165, 1.54) is 12.4 Å². The van der Waals surface area contributed by atoms with Crippen molar-refractivity contribution in [2.45, 2.75) is 52.0 Å². The zero-order valence-corrected chi connectivity index (χ0v) is 35.0. The van der Waals surface area contributed by atoms with E-state index in [-0.39, 0.29) is 24.3 Å². The fourth-order valence-electron chi connectivity index (χ4n) is 8.32. The summed E-state index contributed by atoms with van der Waals surface area (Å²) in [4.78, 5) is 66.7. The Morgan fingerprint density at radius 3 is 2.32 bits per heavy atom. The topological polar surface area (TPSA) is 182 Å². The summed E-state index contributed by atoms with van der Waals surface area (Å²) in [5.41, 5.74) is 5.39. The Labute approximate surface area is 357 Å². The number of carbonyl (C=O) groups is 3. The van der Waals surface area contributed by atoms with Gasteiger partial charge in [0.05, 0.1) is 5.69 Å². The third kappa shape index (κ3) is 8.70. The zero-order chi connectivity index (χ0) is 43.0. The Kier molecular flexibility index (Phi) is 11.1. The molecule has 6 aromatic rings. The number of fused-ring (bicyclic) bond motifs is 1. The number of amides is 4. The molecule has 4 aromatic heterocycles. The lowest BCUT2D eigenvalue weighted by atomic mass is 9.95. The highest BCUT2D eigenvalue weighted by molar-refractivity contribution is 6.05. The van der Waals surface area contributed by atoms with Crippen molar-refractivity contribution in [3.05, 3.63) is 96.3 Å². The highest BCUT2D eigenvalue weighted by atomic mass is 19.1. The van der Waals surface area contributed by atoms with Crippen LogP contribution in [-0.2, 0) is 16.8 Å². The molecule has 0 bridgehead atoms. The van der Waals surface area contributed by atoms with Crippen LogP contribution in [0, 0.1) is 11.7 Å². The Morgan fingerprint density at radius 1 is 0.871 bits per heavy atom. The maximum absolute atomic E-state index is 15.4. The van der Waals surface area contributed by atoms with Crippen LogP contribution in [-0.4, -0.2) is 105 Å². The lowest BCUT2D eigenvalue weighted by Gasteiger charge is -2.39. The van der Waals surface area contributed by atoms with Gasteiger partial charge in [0.1, 0.15) is 23.6 Å². The van der Waals surface area contributed by atoms with Crippen LogP contribution in [0.15, 0.2) is 77.7 Å². The molecule has 62 heavy (non-hydrogen) atoms. The van der Waals surface area contributed by atoms with E-state index in [0.29, 0.717) is 47.2 Å². The number of nitrogens with one attached hydrogen (secondary N) is 3. The zero-order valence-electron chi connectivity index (χ0n) is 35.0. The Morgan fingerprint density at radius 2 is 1.63 bits per heavy atom. The number of imide groups is 1. The van der Waals surface area contributed by atoms with Gasteiger partial charge in [0.25, 0.3) is 11.7 Å². The van der Waals surface area contributed by atoms with Gasteiger partial charge >= 0.3 is 6.03 Å². The van der Waals surface area contributed by atoms with E-state index in [4.69, 9.17) is 9.51 Å². The summed E-state index contributed by atoms with van der Waals surface area (Å²) in [5, 5.41) is 9.56. The van der Waals surface area contributed by atoms with Gasteiger partial charge in [0.15, 0.2) is 0 Å². The van der Waals surface area contributed by atoms with E-state index < -0.39 is 17.1 Å². The normalized spacial score (nSPS) is 16.9. The molecule has 320 valence electrons. The van der Waals surface area contributed by atoms with Crippen molar-refractivity contribution in [1.82, 2.24) is 45.6 Å². The number of rotatable bonds is 10. The molecule has 3 N–H and O–H groups in total. The molecule has 17 heteroatoms. The maximum Gasteiger partial charge on any atom is 0.328 e. The van der Waals surface area contributed by atoms with Crippen molar-refractivity contribution in [2.24, 2.45) is 5.92 Å². The van der Waals surface area contributed by atoms with Gasteiger partial charge < -0.3 is 24.6 Å². The summed E-state index contributed by atoms with van der Waals surface area (Å²) >= 11 is 0. The minimum absolute atomic E-state index is 0.0502. The van der Waals surface area contributed by atoms with Gasteiger partial charge in [-0.05, 0) is 67.3 Å². The lowest BCUT2D eigenvalue weighted by Crippen LogP contribution is -2.49. The van der Waals surface area contributed by atoms with E-state index in [9.17, 15) is 14.4 Å². The number of piperidine rings is 1. The molecule has 3 fully saturated rings. The fraction of sp³-hybridized carbons (Fsp3) is 0.378. The van der Waals surface area contributed by atoms with Crippen molar-refractivity contribution in [3.8, 4) is 22.5 Å². The number of pyridine rings is 1. The van der Waals surface area contributed by atoms with Gasteiger partial charge in [-0.3, -0.25) is 24.7 Å². The number of aromatic nitrogens is 6. The molecule has 0 unspecified atom stereocenters. The van der Waals surface area contributed by atoms with Gasteiger partial charge in [0.2, 0.25) is 11.8 Å². The second kappa shape index (κ2) is 17.0. The summed E-state index contributed by atoms with van der Waals surface area (Å²) in [6.45, 7) is 12.9. The Balaban J connectivity index is 0.759. The van der Waals surface area contributed by atoms with Crippen molar-refractivity contribution in [2.75, 3.05) is 67.1 Å². The van der Waals surface area contributed by atoms with Crippen LogP contribution in [0.4, 0.5) is 26.4 Å². The Hall–Kier alpha value is -6.75. The molecule has 0 spiro atoms. The highest BCUT2D eigenvalue weighted by Crippen LogP contribution is 2.32. The second-order valence-corrected chi connectivity index (χ2v) is 17.2. The molecule has 0 atom stereocenters. The molecule has 7 heterocycles. The highest BCUT2D eigenvalue weighted by Gasteiger charge is 2.28. The lowest BCUT2D eigenvalue weighted by molar-refractivity contribution is -0.120. The van der Waals surface area contributed by atoms with Crippen LogP contribution >= 0.6 is 0 Å². The van der Waals surface area contributed by atoms with E-state index in [0.717, 1.165) is 92.5 Å². The largest absolute Gasteiger partial charge is 0.372 e. The number of aromatic amines is 1. The molecule has 0 aliphatic carbocycles. The van der Waals surface area contributed by atoms with Crippen molar-refractivity contribution in [1.29, 1.82) is 0 Å². The number of nitrogens with zero attached hydrogens (tertiary/aromatic N) is 9. The first-order chi connectivity index (χ1) is 29.9. The molecule has 4 amide bonds. The molecule has 9 rings (SSSR count). The first-order valence-corrected chi connectivity index (χ1v) is 21.1. The SMILES string of the molecule is CC(C)(C)c1nc(C(=O)NCc2ccc(-c3ncnc4[nH]c(-c5ccc(N6CCN(CC7CCN(c8ccc(N9CCC(=O)NC9=O)cc8)CC7)CC6)nc5)cc34)cc2F)no1. The van der Waals surface area contributed by atoms with Gasteiger partial charge in [-0.25, -0.2) is 24.1 Å².